The maximum Gasteiger partial charge on any atom is 0.224 e. The molecule has 1 aromatic carbocycles. The second-order valence-corrected chi connectivity index (χ2v) is 6.34. The van der Waals surface area contributed by atoms with Gasteiger partial charge in [-0.2, -0.15) is 9.97 Å². The number of aryl methyl sites for hydroxylation is 1. The van der Waals surface area contributed by atoms with Crippen LogP contribution >= 0.6 is 0 Å². The number of aromatic nitrogens is 4. The summed E-state index contributed by atoms with van der Waals surface area (Å²) in [5, 5.41) is 0. The lowest BCUT2D eigenvalue weighted by molar-refractivity contribution is 0.324. The van der Waals surface area contributed by atoms with Crippen LogP contribution < -0.4 is 25.7 Å². The van der Waals surface area contributed by atoms with Gasteiger partial charge in [-0.15, -0.1) is 12.3 Å². The summed E-state index contributed by atoms with van der Waals surface area (Å²) in [5.74, 6) is 5.43. The van der Waals surface area contributed by atoms with Gasteiger partial charge in [-0.1, -0.05) is 0 Å². The number of rotatable bonds is 8. The van der Waals surface area contributed by atoms with E-state index < -0.39 is 0 Å². The van der Waals surface area contributed by atoms with Crippen molar-refractivity contribution in [3.8, 4) is 29.6 Å². The second kappa shape index (κ2) is 8.56. The third kappa shape index (κ3) is 3.96. The molecule has 4 N–H and O–H groups in total. The number of nitrogens with two attached hydrogens (primary N) is 2. The standard InChI is InChI=1S/C20H24N6O3/c1-5-6-7-8-26-15(23-16-18(21)24-20(22)25-19(16)26)11-12-9-13(27-2)17(29-4)14(10-12)28-3/h1,9-10H,6-8,11H2,2-4H3,(H4,21,22,24,25). The topological polar surface area (TPSA) is 123 Å². The lowest BCUT2D eigenvalue weighted by Gasteiger charge is -2.14. The molecular formula is C20H24N6O3. The number of nitrogens with zero attached hydrogens (tertiary/aromatic N) is 4. The Labute approximate surface area is 169 Å². The molecule has 29 heavy (non-hydrogen) atoms. The number of benzene rings is 1. The summed E-state index contributed by atoms with van der Waals surface area (Å²) in [5.41, 5.74) is 13.8. The molecule has 0 aliphatic carbocycles. The summed E-state index contributed by atoms with van der Waals surface area (Å²) in [6.07, 6.45) is 7.30. The Morgan fingerprint density at radius 2 is 1.72 bits per heavy atom. The molecule has 0 saturated carbocycles. The molecule has 0 amide bonds. The Morgan fingerprint density at radius 3 is 2.31 bits per heavy atom. The Balaban J connectivity index is 2.09. The fourth-order valence-corrected chi connectivity index (χ4v) is 3.21. The fraction of sp³-hybridized carbons (Fsp3) is 0.350. The summed E-state index contributed by atoms with van der Waals surface area (Å²) in [7, 11) is 4.72. The first-order valence-electron chi connectivity index (χ1n) is 9.02. The summed E-state index contributed by atoms with van der Waals surface area (Å²) in [6.45, 7) is 0.635. The smallest absolute Gasteiger partial charge is 0.224 e. The van der Waals surface area contributed by atoms with Crippen LogP contribution in [0.25, 0.3) is 11.2 Å². The summed E-state index contributed by atoms with van der Waals surface area (Å²) >= 11 is 0. The zero-order valence-corrected chi connectivity index (χ0v) is 16.7. The summed E-state index contributed by atoms with van der Waals surface area (Å²) < 4.78 is 18.3. The number of hydrogen-bond donors (Lipinski definition) is 2. The maximum atomic E-state index is 6.02. The van der Waals surface area contributed by atoms with E-state index in [2.05, 4.69) is 20.9 Å². The Kier molecular flexibility index (Phi) is 5.93. The predicted molar refractivity (Wildman–Crippen MR) is 111 cm³/mol. The number of fused-ring (bicyclic) bond motifs is 1. The van der Waals surface area contributed by atoms with Crippen molar-refractivity contribution in [1.29, 1.82) is 0 Å². The lowest BCUT2D eigenvalue weighted by Crippen LogP contribution is -2.07. The van der Waals surface area contributed by atoms with Crippen LogP contribution in [0.2, 0.25) is 0 Å². The molecule has 0 unspecified atom stereocenters. The highest BCUT2D eigenvalue weighted by molar-refractivity contribution is 5.83. The molecule has 152 valence electrons. The minimum absolute atomic E-state index is 0.104. The average Bonchev–Trinajstić information content (AvgIpc) is 3.04. The molecule has 0 radical (unpaired) electrons. The molecule has 3 rings (SSSR count). The molecule has 9 heteroatoms. The van der Waals surface area contributed by atoms with Crippen molar-refractivity contribution in [3.63, 3.8) is 0 Å². The molecule has 0 spiro atoms. The van der Waals surface area contributed by atoms with Crippen LogP contribution in [0, 0.1) is 12.3 Å². The number of methoxy groups -OCH3 is 3. The van der Waals surface area contributed by atoms with E-state index in [4.69, 9.17) is 32.1 Å². The van der Waals surface area contributed by atoms with Gasteiger partial charge in [0.25, 0.3) is 0 Å². The van der Waals surface area contributed by atoms with Crippen molar-refractivity contribution in [2.75, 3.05) is 32.8 Å². The van der Waals surface area contributed by atoms with Gasteiger partial charge in [0.2, 0.25) is 11.7 Å². The molecular weight excluding hydrogens is 372 g/mol. The molecule has 0 saturated heterocycles. The first-order chi connectivity index (χ1) is 14.0. The van der Waals surface area contributed by atoms with Crippen molar-refractivity contribution in [2.24, 2.45) is 0 Å². The highest BCUT2D eigenvalue weighted by atomic mass is 16.5. The first-order valence-corrected chi connectivity index (χ1v) is 9.02. The monoisotopic (exact) mass is 396 g/mol. The van der Waals surface area contributed by atoms with E-state index >= 15 is 0 Å². The minimum Gasteiger partial charge on any atom is -0.493 e. The molecule has 0 atom stereocenters. The normalized spacial score (nSPS) is 10.7. The second-order valence-electron chi connectivity index (χ2n) is 6.34. The zero-order valence-electron chi connectivity index (χ0n) is 16.7. The number of hydrogen-bond acceptors (Lipinski definition) is 8. The third-order valence-corrected chi connectivity index (χ3v) is 4.51. The number of nitrogen functional groups attached to an aromatic ring is 2. The van der Waals surface area contributed by atoms with E-state index in [1.807, 2.05) is 16.7 Å². The minimum atomic E-state index is 0.104. The highest BCUT2D eigenvalue weighted by Gasteiger charge is 2.19. The van der Waals surface area contributed by atoms with Gasteiger partial charge >= 0.3 is 0 Å². The van der Waals surface area contributed by atoms with E-state index in [1.165, 1.54) is 0 Å². The van der Waals surface area contributed by atoms with E-state index in [-0.39, 0.29) is 11.8 Å². The number of unbranched alkanes of at least 4 members (excludes halogenated alkanes) is 1. The highest BCUT2D eigenvalue weighted by Crippen LogP contribution is 2.38. The van der Waals surface area contributed by atoms with Gasteiger partial charge in [-0.25, -0.2) is 4.98 Å². The zero-order chi connectivity index (χ0) is 21.0. The third-order valence-electron chi connectivity index (χ3n) is 4.51. The molecule has 0 fully saturated rings. The lowest BCUT2D eigenvalue weighted by atomic mass is 10.1. The van der Waals surface area contributed by atoms with E-state index in [0.717, 1.165) is 17.8 Å². The van der Waals surface area contributed by atoms with E-state index in [0.29, 0.717) is 47.8 Å². The van der Waals surface area contributed by atoms with Gasteiger partial charge in [-0.3, -0.25) is 0 Å². The quantitative estimate of drug-likeness (QED) is 0.438. The van der Waals surface area contributed by atoms with Gasteiger partial charge in [0.15, 0.2) is 28.5 Å². The molecule has 0 bridgehead atoms. The fourth-order valence-electron chi connectivity index (χ4n) is 3.21. The van der Waals surface area contributed by atoms with Gasteiger partial charge in [0, 0.05) is 19.4 Å². The molecule has 0 aliphatic rings. The largest absolute Gasteiger partial charge is 0.493 e. The molecule has 9 nitrogen and oxygen atoms in total. The first kappa shape index (κ1) is 20.1. The number of terminal acetylenes is 1. The van der Waals surface area contributed by atoms with Gasteiger partial charge in [0.1, 0.15) is 5.82 Å². The summed E-state index contributed by atoms with van der Waals surface area (Å²) in [6, 6.07) is 3.77. The molecule has 3 aromatic rings. The van der Waals surface area contributed by atoms with Gasteiger partial charge in [0.05, 0.1) is 21.3 Å². The van der Waals surface area contributed by atoms with E-state index in [9.17, 15) is 0 Å². The van der Waals surface area contributed by atoms with Crippen LogP contribution in [0.15, 0.2) is 12.1 Å². The van der Waals surface area contributed by atoms with Crippen molar-refractivity contribution < 1.29 is 14.2 Å². The molecule has 2 heterocycles. The van der Waals surface area contributed by atoms with Crippen molar-refractivity contribution in [1.82, 2.24) is 19.5 Å². The van der Waals surface area contributed by atoms with Crippen molar-refractivity contribution in [2.45, 2.75) is 25.8 Å². The number of ether oxygens (including phenoxy) is 3. The maximum absolute atomic E-state index is 6.02. The number of anilines is 2. The van der Waals surface area contributed by atoms with Crippen LogP contribution in [0.4, 0.5) is 11.8 Å². The Morgan fingerprint density at radius 1 is 1.03 bits per heavy atom. The molecule has 2 aromatic heterocycles. The van der Waals surface area contributed by atoms with Crippen molar-refractivity contribution >= 4 is 22.9 Å². The van der Waals surface area contributed by atoms with Crippen LogP contribution in [0.5, 0.6) is 17.2 Å². The predicted octanol–water partition coefficient (Wildman–Crippen LogP) is 2.02. The van der Waals surface area contributed by atoms with Gasteiger partial charge in [-0.05, 0) is 24.1 Å². The summed E-state index contributed by atoms with van der Waals surface area (Å²) in [4.78, 5) is 13.0. The van der Waals surface area contributed by atoms with Crippen molar-refractivity contribution in [3.05, 3.63) is 23.5 Å². The van der Waals surface area contributed by atoms with Gasteiger partial charge < -0.3 is 30.2 Å². The van der Waals surface area contributed by atoms with Crippen LogP contribution in [-0.4, -0.2) is 40.8 Å². The number of imidazole rings is 1. The Bertz CT molecular complexity index is 1050. The average molecular weight is 396 g/mol. The van der Waals surface area contributed by atoms with E-state index in [1.54, 1.807) is 21.3 Å². The van der Waals surface area contributed by atoms with Crippen LogP contribution in [0.3, 0.4) is 0 Å². The SMILES string of the molecule is C#CCCCn1c(Cc2cc(OC)c(OC)c(OC)c2)nc2c(N)nc(N)nc21. The van der Waals surface area contributed by atoms with Crippen LogP contribution in [-0.2, 0) is 13.0 Å². The van der Waals surface area contributed by atoms with Crippen LogP contribution in [0.1, 0.15) is 24.2 Å². The Hall–Kier alpha value is -3.67. The molecule has 0 aliphatic heterocycles.